The van der Waals surface area contributed by atoms with Gasteiger partial charge in [0.25, 0.3) is 5.91 Å². The van der Waals surface area contributed by atoms with Crippen LogP contribution < -0.4 is 10.1 Å². The number of aryl methyl sites for hydroxylation is 1. The number of ether oxygens (including phenoxy) is 1. The van der Waals surface area contributed by atoms with Crippen LogP contribution in [0.5, 0.6) is 5.75 Å². The van der Waals surface area contributed by atoms with Crippen LogP contribution in [-0.2, 0) is 16.1 Å². The van der Waals surface area contributed by atoms with Gasteiger partial charge < -0.3 is 19.4 Å². The Morgan fingerprint density at radius 1 is 1.33 bits per heavy atom. The van der Waals surface area contributed by atoms with Gasteiger partial charge in [0, 0.05) is 7.05 Å². The molecule has 0 aliphatic rings. The molecule has 24 heavy (non-hydrogen) atoms. The molecule has 0 saturated carbocycles. The predicted octanol–water partition coefficient (Wildman–Crippen LogP) is 2.40. The summed E-state index contributed by atoms with van der Waals surface area (Å²) in [6.45, 7) is 1.93. The van der Waals surface area contributed by atoms with Crippen LogP contribution in [-0.4, -0.2) is 36.9 Å². The molecule has 1 N–H and O–H groups in total. The van der Waals surface area contributed by atoms with Crippen molar-refractivity contribution in [3.63, 3.8) is 0 Å². The number of benzene rings is 1. The highest BCUT2D eigenvalue weighted by atomic mass is 35.5. The fraction of sp³-hybridized carbons (Fsp3) is 0.294. The molecule has 0 aliphatic heterocycles. The average Bonchev–Trinajstić information content (AvgIpc) is 3.07. The lowest BCUT2D eigenvalue weighted by atomic mass is 10.2. The third-order valence-corrected chi connectivity index (χ3v) is 3.60. The zero-order chi connectivity index (χ0) is 17.5. The number of hydrogen-bond donors (Lipinski definition) is 1. The lowest BCUT2D eigenvalue weighted by Crippen LogP contribution is -2.40. The molecule has 6 nitrogen and oxygen atoms in total. The summed E-state index contributed by atoms with van der Waals surface area (Å²) in [5.41, 5.74) is 0.979. The van der Waals surface area contributed by atoms with E-state index in [4.69, 9.17) is 20.8 Å². The van der Waals surface area contributed by atoms with Crippen LogP contribution in [0.15, 0.2) is 41.0 Å². The van der Waals surface area contributed by atoms with E-state index >= 15 is 0 Å². The Morgan fingerprint density at radius 2 is 2.12 bits per heavy atom. The summed E-state index contributed by atoms with van der Waals surface area (Å²) >= 11 is 6.01. The quantitative estimate of drug-likeness (QED) is 0.832. The van der Waals surface area contributed by atoms with Gasteiger partial charge in [-0.25, -0.2) is 0 Å². The number of nitrogens with one attached hydrogen (secondary N) is 1. The maximum atomic E-state index is 12.0. The number of carbonyl (C=O) groups excluding carboxylic acids is 2. The monoisotopic (exact) mass is 350 g/mol. The van der Waals surface area contributed by atoms with E-state index in [0.29, 0.717) is 16.5 Å². The van der Waals surface area contributed by atoms with Gasteiger partial charge in [-0.05, 0) is 36.8 Å². The SMILES string of the molecule is Cc1ccc(Cl)c(OCC(=O)N(C)CC(=O)NCc2ccco2)c1. The molecule has 0 spiro atoms. The van der Waals surface area contributed by atoms with Gasteiger partial charge in [0.15, 0.2) is 6.61 Å². The predicted molar refractivity (Wildman–Crippen MR) is 89.9 cm³/mol. The van der Waals surface area contributed by atoms with E-state index < -0.39 is 0 Å². The summed E-state index contributed by atoms with van der Waals surface area (Å²) in [6, 6.07) is 8.82. The number of hydrogen-bond acceptors (Lipinski definition) is 4. The smallest absolute Gasteiger partial charge is 0.260 e. The molecule has 0 atom stereocenters. The normalized spacial score (nSPS) is 10.3. The zero-order valence-corrected chi connectivity index (χ0v) is 14.3. The molecule has 128 valence electrons. The van der Waals surface area contributed by atoms with Crippen molar-refractivity contribution in [2.24, 2.45) is 0 Å². The lowest BCUT2D eigenvalue weighted by molar-refractivity contribution is -0.136. The van der Waals surface area contributed by atoms with Crippen LogP contribution in [0.1, 0.15) is 11.3 Å². The number of nitrogens with zero attached hydrogens (tertiary/aromatic N) is 1. The molecule has 1 aromatic carbocycles. The van der Waals surface area contributed by atoms with Crippen LogP contribution in [0.3, 0.4) is 0 Å². The molecule has 0 aliphatic carbocycles. The molecule has 0 saturated heterocycles. The number of likely N-dealkylation sites (N-methyl/N-ethyl adjacent to an activating group) is 1. The minimum Gasteiger partial charge on any atom is -0.482 e. The maximum Gasteiger partial charge on any atom is 0.260 e. The van der Waals surface area contributed by atoms with Crippen molar-refractivity contribution < 1.29 is 18.7 Å². The number of amides is 2. The first kappa shape index (κ1) is 17.9. The standard InChI is InChI=1S/C17H19ClN2O4/c1-12-5-6-14(18)15(8-12)24-11-17(22)20(2)10-16(21)19-9-13-4-3-7-23-13/h3-8H,9-11H2,1-2H3,(H,19,21). The molecule has 0 bridgehead atoms. The maximum absolute atomic E-state index is 12.0. The number of carbonyl (C=O) groups is 2. The van der Waals surface area contributed by atoms with Crippen molar-refractivity contribution in [3.8, 4) is 5.75 Å². The van der Waals surface area contributed by atoms with Crippen molar-refractivity contribution in [1.82, 2.24) is 10.2 Å². The van der Waals surface area contributed by atoms with Crippen molar-refractivity contribution in [1.29, 1.82) is 0 Å². The Hall–Kier alpha value is -2.47. The van der Waals surface area contributed by atoms with Crippen LogP contribution in [0.25, 0.3) is 0 Å². The van der Waals surface area contributed by atoms with Crippen LogP contribution >= 0.6 is 11.6 Å². The highest BCUT2D eigenvalue weighted by molar-refractivity contribution is 6.32. The molecule has 2 amide bonds. The summed E-state index contributed by atoms with van der Waals surface area (Å²) in [6.07, 6.45) is 1.53. The Labute approximate surface area is 145 Å². The third kappa shape index (κ3) is 5.31. The summed E-state index contributed by atoms with van der Waals surface area (Å²) in [7, 11) is 1.54. The first-order chi connectivity index (χ1) is 11.5. The Kier molecular flexibility index (Phi) is 6.26. The molecule has 2 aromatic rings. The third-order valence-electron chi connectivity index (χ3n) is 3.28. The molecule has 1 aromatic heterocycles. The van der Waals surface area contributed by atoms with Crippen LogP contribution in [0.4, 0.5) is 0 Å². The lowest BCUT2D eigenvalue weighted by Gasteiger charge is -2.17. The topological polar surface area (TPSA) is 71.8 Å². The highest BCUT2D eigenvalue weighted by Gasteiger charge is 2.14. The summed E-state index contributed by atoms with van der Waals surface area (Å²) < 4.78 is 10.5. The van der Waals surface area contributed by atoms with Crippen LogP contribution in [0.2, 0.25) is 5.02 Å². The highest BCUT2D eigenvalue weighted by Crippen LogP contribution is 2.25. The zero-order valence-electron chi connectivity index (χ0n) is 13.5. The number of furan rings is 1. The largest absolute Gasteiger partial charge is 0.482 e. The van der Waals surface area contributed by atoms with E-state index in [9.17, 15) is 9.59 Å². The first-order valence-corrected chi connectivity index (χ1v) is 7.75. The molecule has 7 heteroatoms. The van der Waals surface area contributed by atoms with E-state index in [2.05, 4.69) is 5.32 Å². The molecule has 0 unspecified atom stereocenters. The van der Waals surface area contributed by atoms with Gasteiger partial charge in [0.2, 0.25) is 5.91 Å². The summed E-state index contributed by atoms with van der Waals surface area (Å²) in [5.74, 6) is 0.493. The van der Waals surface area contributed by atoms with E-state index in [1.807, 2.05) is 13.0 Å². The minimum absolute atomic E-state index is 0.0650. The van der Waals surface area contributed by atoms with E-state index in [0.717, 1.165) is 5.56 Å². The number of rotatable bonds is 7. The Bertz CT molecular complexity index is 701. The van der Waals surface area contributed by atoms with Gasteiger partial charge in [0.05, 0.1) is 24.4 Å². The fourth-order valence-electron chi connectivity index (χ4n) is 1.93. The van der Waals surface area contributed by atoms with Gasteiger partial charge in [-0.2, -0.15) is 0 Å². The second kappa shape index (κ2) is 8.40. The van der Waals surface area contributed by atoms with Crippen molar-refractivity contribution in [2.45, 2.75) is 13.5 Å². The Morgan fingerprint density at radius 3 is 2.83 bits per heavy atom. The number of halogens is 1. The van der Waals surface area contributed by atoms with Gasteiger partial charge in [0.1, 0.15) is 11.5 Å². The first-order valence-electron chi connectivity index (χ1n) is 7.37. The average molecular weight is 351 g/mol. The van der Waals surface area contributed by atoms with Crippen molar-refractivity contribution in [2.75, 3.05) is 20.2 Å². The molecule has 0 radical (unpaired) electrons. The second-order valence-corrected chi connectivity index (χ2v) is 5.74. The van der Waals surface area contributed by atoms with Crippen LogP contribution in [0, 0.1) is 6.92 Å². The summed E-state index contributed by atoms with van der Waals surface area (Å²) in [4.78, 5) is 25.2. The van der Waals surface area contributed by atoms with Gasteiger partial charge in [-0.15, -0.1) is 0 Å². The van der Waals surface area contributed by atoms with Gasteiger partial charge in [-0.3, -0.25) is 9.59 Å². The minimum atomic E-state index is -0.319. The van der Waals surface area contributed by atoms with E-state index in [-0.39, 0.29) is 31.5 Å². The fourth-order valence-corrected chi connectivity index (χ4v) is 2.10. The molecular weight excluding hydrogens is 332 g/mol. The van der Waals surface area contributed by atoms with Gasteiger partial charge in [-0.1, -0.05) is 17.7 Å². The molecule has 0 fully saturated rings. The van der Waals surface area contributed by atoms with Crippen molar-refractivity contribution >= 4 is 23.4 Å². The molecule has 2 rings (SSSR count). The van der Waals surface area contributed by atoms with E-state index in [1.54, 1.807) is 24.3 Å². The Balaban J connectivity index is 1.77. The van der Waals surface area contributed by atoms with E-state index in [1.165, 1.54) is 18.2 Å². The summed E-state index contributed by atoms with van der Waals surface area (Å²) in [5, 5.41) is 3.11. The van der Waals surface area contributed by atoms with Gasteiger partial charge >= 0.3 is 0 Å². The molecule has 1 heterocycles. The molecular formula is C17H19ClN2O4. The second-order valence-electron chi connectivity index (χ2n) is 5.33. The van der Waals surface area contributed by atoms with Crippen molar-refractivity contribution in [3.05, 3.63) is 52.9 Å².